The lowest BCUT2D eigenvalue weighted by Crippen LogP contribution is -2.50. The molecule has 2 amide bonds. The highest BCUT2D eigenvalue weighted by Gasteiger charge is 2.37. The minimum absolute atomic E-state index is 0.279. The Balaban J connectivity index is 1.39. The lowest BCUT2D eigenvalue weighted by molar-refractivity contribution is -0.133. The quantitative estimate of drug-likeness (QED) is 0.278. The van der Waals surface area contributed by atoms with Gasteiger partial charge in [-0.15, -0.1) is 0 Å². The number of aliphatic hydroxyl groups excluding tert-OH is 1. The molecule has 3 atom stereocenters. The van der Waals surface area contributed by atoms with Crippen molar-refractivity contribution in [2.75, 3.05) is 4.90 Å². The summed E-state index contributed by atoms with van der Waals surface area (Å²) in [6.45, 7) is 4.21. The van der Waals surface area contributed by atoms with Crippen LogP contribution in [0.1, 0.15) is 63.5 Å². The first-order valence-corrected chi connectivity index (χ1v) is 14.7. The first-order chi connectivity index (χ1) is 19.9. The van der Waals surface area contributed by atoms with E-state index in [0.717, 1.165) is 48.2 Å². The molecule has 3 unspecified atom stereocenters. The molecule has 0 spiro atoms. The Hall–Kier alpha value is -3.97. The van der Waals surface area contributed by atoms with Gasteiger partial charge in [-0.05, 0) is 61.6 Å². The van der Waals surface area contributed by atoms with Crippen LogP contribution in [0.4, 0.5) is 5.69 Å². The summed E-state index contributed by atoms with van der Waals surface area (Å²) in [5.74, 6) is 0.691. The van der Waals surface area contributed by atoms with E-state index in [1.807, 2.05) is 85.8 Å². The first-order valence-electron chi connectivity index (χ1n) is 14.7. The maximum atomic E-state index is 14.1. The zero-order chi connectivity index (χ0) is 28.8. The summed E-state index contributed by atoms with van der Waals surface area (Å²) >= 11 is 0. The zero-order valence-corrected chi connectivity index (χ0v) is 23.8. The van der Waals surface area contributed by atoms with Crippen LogP contribution in [0.3, 0.4) is 0 Å². The summed E-state index contributed by atoms with van der Waals surface area (Å²) in [5, 5.41) is 13.8. The molecule has 7 nitrogen and oxygen atoms in total. The fourth-order valence-corrected chi connectivity index (χ4v) is 5.38. The molecule has 0 radical (unpaired) electrons. The van der Waals surface area contributed by atoms with Crippen LogP contribution < -0.4 is 15.0 Å². The zero-order valence-electron chi connectivity index (χ0n) is 23.8. The monoisotopic (exact) mass is 553 g/mol. The molecule has 1 saturated carbocycles. The van der Waals surface area contributed by atoms with Crippen molar-refractivity contribution in [3.8, 4) is 11.5 Å². The van der Waals surface area contributed by atoms with Crippen LogP contribution in [0.2, 0.25) is 0 Å². The van der Waals surface area contributed by atoms with E-state index < -0.39 is 18.2 Å². The number of hydrogen-bond acceptors (Lipinski definition) is 5. The minimum atomic E-state index is -1.08. The van der Waals surface area contributed by atoms with Gasteiger partial charge in [0.25, 0.3) is 5.91 Å². The SMILES string of the molecule is CCCCC(O)C(CC1CC1)C(=O)NC1N=C(C)c2ccccc2N(Cc2cccc(Oc3ccccc3)c2)C1=O. The van der Waals surface area contributed by atoms with Crippen molar-refractivity contribution >= 4 is 23.2 Å². The number of fused-ring (bicyclic) bond motifs is 1. The van der Waals surface area contributed by atoms with Crippen LogP contribution in [-0.2, 0) is 16.1 Å². The van der Waals surface area contributed by atoms with Crippen molar-refractivity contribution in [3.05, 3.63) is 90.0 Å². The molecule has 0 aromatic heterocycles. The molecule has 5 rings (SSSR count). The van der Waals surface area contributed by atoms with Gasteiger partial charge < -0.3 is 20.1 Å². The summed E-state index contributed by atoms with van der Waals surface area (Å²) < 4.78 is 6.03. The molecule has 3 aromatic rings. The Morgan fingerprint density at radius 3 is 2.54 bits per heavy atom. The van der Waals surface area contributed by atoms with Crippen LogP contribution in [0, 0.1) is 11.8 Å². The molecule has 0 bridgehead atoms. The first kappa shape index (κ1) is 28.6. The highest BCUT2D eigenvalue weighted by atomic mass is 16.5. The number of carbonyl (C=O) groups is 2. The fourth-order valence-electron chi connectivity index (χ4n) is 5.38. The highest BCUT2D eigenvalue weighted by molar-refractivity contribution is 6.12. The van der Waals surface area contributed by atoms with Gasteiger partial charge in [-0.25, -0.2) is 0 Å². The average Bonchev–Trinajstić information content (AvgIpc) is 3.82. The van der Waals surface area contributed by atoms with Crippen LogP contribution in [-0.4, -0.2) is 34.9 Å². The molecule has 3 aromatic carbocycles. The Morgan fingerprint density at radius 1 is 1.05 bits per heavy atom. The van der Waals surface area contributed by atoms with Crippen molar-refractivity contribution < 1.29 is 19.4 Å². The van der Waals surface area contributed by atoms with Crippen molar-refractivity contribution in [3.63, 3.8) is 0 Å². The van der Waals surface area contributed by atoms with Gasteiger partial charge in [-0.1, -0.05) is 81.1 Å². The average molecular weight is 554 g/mol. The van der Waals surface area contributed by atoms with E-state index in [0.29, 0.717) is 30.2 Å². The number of benzodiazepines with no additional fused rings is 1. The molecule has 1 aliphatic heterocycles. The van der Waals surface area contributed by atoms with E-state index in [1.165, 1.54) is 0 Å². The van der Waals surface area contributed by atoms with E-state index in [2.05, 4.69) is 17.2 Å². The number of unbranched alkanes of at least 4 members (excludes halogenated alkanes) is 1. The number of nitrogens with zero attached hydrogens (tertiary/aromatic N) is 2. The van der Waals surface area contributed by atoms with Crippen molar-refractivity contribution in [1.29, 1.82) is 0 Å². The van der Waals surface area contributed by atoms with Crippen LogP contribution in [0.5, 0.6) is 11.5 Å². The van der Waals surface area contributed by atoms with E-state index in [1.54, 1.807) is 4.90 Å². The summed E-state index contributed by atoms with van der Waals surface area (Å²) in [6, 6.07) is 24.9. The van der Waals surface area contributed by atoms with Crippen molar-refractivity contribution in [1.82, 2.24) is 5.32 Å². The molecule has 41 heavy (non-hydrogen) atoms. The van der Waals surface area contributed by atoms with Gasteiger partial charge in [0.2, 0.25) is 12.1 Å². The third-order valence-electron chi connectivity index (χ3n) is 7.84. The number of para-hydroxylation sites is 2. The third-order valence-corrected chi connectivity index (χ3v) is 7.84. The van der Waals surface area contributed by atoms with Gasteiger partial charge in [0.1, 0.15) is 11.5 Å². The second kappa shape index (κ2) is 13.1. The molecule has 1 aliphatic carbocycles. The van der Waals surface area contributed by atoms with Crippen LogP contribution >= 0.6 is 0 Å². The Labute approximate surface area is 242 Å². The molecule has 2 N–H and O–H groups in total. The van der Waals surface area contributed by atoms with Gasteiger partial charge in [0.05, 0.1) is 24.3 Å². The normalized spacial score (nSPS) is 18.1. The predicted octanol–water partition coefficient (Wildman–Crippen LogP) is 6.24. The smallest absolute Gasteiger partial charge is 0.272 e. The fraction of sp³-hybridized carbons (Fsp3) is 0.382. The summed E-state index contributed by atoms with van der Waals surface area (Å²) in [4.78, 5) is 34.0. The topological polar surface area (TPSA) is 91.2 Å². The molecular weight excluding hydrogens is 514 g/mol. The largest absolute Gasteiger partial charge is 0.457 e. The lowest BCUT2D eigenvalue weighted by Gasteiger charge is -2.27. The molecule has 0 saturated heterocycles. The number of carbonyl (C=O) groups excluding carboxylic acids is 2. The maximum Gasteiger partial charge on any atom is 0.272 e. The number of nitrogens with one attached hydrogen (secondary N) is 1. The lowest BCUT2D eigenvalue weighted by atomic mass is 9.91. The van der Waals surface area contributed by atoms with E-state index in [-0.39, 0.29) is 18.4 Å². The number of aliphatic hydroxyl groups is 1. The van der Waals surface area contributed by atoms with Gasteiger partial charge in [-0.3, -0.25) is 14.6 Å². The van der Waals surface area contributed by atoms with Gasteiger partial charge >= 0.3 is 0 Å². The number of amides is 2. The van der Waals surface area contributed by atoms with E-state index >= 15 is 0 Å². The number of anilines is 1. The Morgan fingerprint density at radius 2 is 1.78 bits per heavy atom. The van der Waals surface area contributed by atoms with Gasteiger partial charge in [0, 0.05) is 11.3 Å². The van der Waals surface area contributed by atoms with Crippen molar-refractivity contribution in [2.45, 2.75) is 71.2 Å². The molecule has 2 aliphatic rings. The molecule has 7 heteroatoms. The summed E-state index contributed by atoms with van der Waals surface area (Å²) in [7, 11) is 0. The highest BCUT2D eigenvalue weighted by Crippen LogP contribution is 2.37. The molecule has 1 fully saturated rings. The number of ether oxygens (including phenoxy) is 1. The third kappa shape index (κ3) is 7.22. The Bertz CT molecular complexity index is 1390. The number of rotatable bonds is 12. The number of aliphatic imine (C=N–C) groups is 1. The number of benzene rings is 3. The standard InChI is InChI=1S/C34H39N3O4/c1-3-4-17-31(38)29(21-24-18-19-24)33(39)36-32-34(40)37(30-16-9-8-15-28(30)23(2)35-32)22-25-11-10-14-27(20-25)41-26-12-6-5-7-13-26/h5-16,20,24,29,31-32,38H,3-4,17-19,21-22H2,1-2H3,(H,36,39). The van der Waals surface area contributed by atoms with Crippen molar-refractivity contribution in [2.24, 2.45) is 16.8 Å². The van der Waals surface area contributed by atoms with E-state index in [9.17, 15) is 14.7 Å². The van der Waals surface area contributed by atoms with E-state index in [4.69, 9.17) is 4.74 Å². The predicted molar refractivity (Wildman–Crippen MR) is 161 cm³/mol. The van der Waals surface area contributed by atoms with Gasteiger partial charge in [-0.2, -0.15) is 0 Å². The van der Waals surface area contributed by atoms with Crippen LogP contribution in [0.15, 0.2) is 83.9 Å². The molecule has 214 valence electrons. The summed E-state index contributed by atoms with van der Waals surface area (Å²) in [5.41, 5.74) is 3.13. The summed E-state index contributed by atoms with van der Waals surface area (Å²) in [6.07, 6.45) is 3.36. The Kier molecular flexibility index (Phi) is 9.14. The van der Waals surface area contributed by atoms with Gasteiger partial charge in [0.15, 0.2) is 0 Å². The molecule has 1 heterocycles. The van der Waals surface area contributed by atoms with Crippen LogP contribution in [0.25, 0.3) is 0 Å². The maximum absolute atomic E-state index is 14.1. The minimum Gasteiger partial charge on any atom is -0.457 e. The number of hydrogen-bond donors (Lipinski definition) is 2. The second-order valence-corrected chi connectivity index (χ2v) is 11.1. The second-order valence-electron chi connectivity index (χ2n) is 11.1. The molecular formula is C34H39N3O4.